The third-order valence-electron chi connectivity index (χ3n) is 2.91. The minimum Gasteiger partial charge on any atom is -0.370 e. The van der Waals surface area contributed by atoms with Crippen molar-refractivity contribution in [2.75, 3.05) is 38.6 Å². The van der Waals surface area contributed by atoms with Crippen LogP contribution in [0.2, 0.25) is 0 Å². The molecule has 0 aliphatic heterocycles. The summed E-state index contributed by atoms with van der Waals surface area (Å²) in [6.07, 6.45) is 1.06. The van der Waals surface area contributed by atoms with Crippen molar-refractivity contribution in [3.8, 4) is 0 Å². The maximum absolute atomic E-state index is 13.2. The van der Waals surface area contributed by atoms with Crippen LogP contribution in [0, 0.1) is 5.82 Å². The lowest BCUT2D eigenvalue weighted by Crippen LogP contribution is -2.33. The Labute approximate surface area is 109 Å². The summed E-state index contributed by atoms with van der Waals surface area (Å²) in [5, 5.41) is 0. The summed E-state index contributed by atoms with van der Waals surface area (Å²) < 4.78 is 13.2. The minimum atomic E-state index is -0.219. The van der Waals surface area contributed by atoms with Gasteiger partial charge in [-0.25, -0.2) is 4.39 Å². The highest BCUT2D eigenvalue weighted by molar-refractivity contribution is 5.53. The average molecular weight is 253 g/mol. The second-order valence-electron chi connectivity index (χ2n) is 4.77. The first-order valence-corrected chi connectivity index (χ1v) is 6.46. The molecule has 4 heteroatoms. The molecule has 2 N–H and O–H groups in total. The number of rotatable bonds is 7. The lowest BCUT2D eigenvalue weighted by Gasteiger charge is -2.28. The molecule has 0 fully saturated rings. The predicted molar refractivity (Wildman–Crippen MR) is 75.3 cm³/mol. The smallest absolute Gasteiger partial charge is 0.123 e. The molecule has 0 spiro atoms. The van der Waals surface area contributed by atoms with Crippen LogP contribution in [-0.2, 0) is 6.54 Å². The number of nitrogens with zero attached hydrogens (tertiary/aromatic N) is 2. The summed E-state index contributed by atoms with van der Waals surface area (Å²) in [6, 6.07) is 4.88. The first-order valence-electron chi connectivity index (χ1n) is 6.46. The first kappa shape index (κ1) is 14.9. The molecule has 0 atom stereocenters. The summed E-state index contributed by atoms with van der Waals surface area (Å²) in [7, 11) is 4.11. The van der Waals surface area contributed by atoms with Gasteiger partial charge in [-0.15, -0.1) is 0 Å². The highest BCUT2D eigenvalue weighted by atomic mass is 19.1. The Morgan fingerprint density at radius 3 is 2.44 bits per heavy atom. The van der Waals surface area contributed by atoms with Crippen molar-refractivity contribution < 1.29 is 4.39 Å². The Morgan fingerprint density at radius 2 is 1.89 bits per heavy atom. The van der Waals surface area contributed by atoms with Crippen LogP contribution in [0.5, 0.6) is 0 Å². The van der Waals surface area contributed by atoms with E-state index in [1.807, 2.05) is 6.07 Å². The van der Waals surface area contributed by atoms with Crippen molar-refractivity contribution in [2.45, 2.75) is 19.9 Å². The van der Waals surface area contributed by atoms with Crippen LogP contribution in [0.25, 0.3) is 0 Å². The number of halogens is 1. The van der Waals surface area contributed by atoms with Gasteiger partial charge in [0.2, 0.25) is 0 Å². The van der Waals surface area contributed by atoms with Crippen molar-refractivity contribution in [2.24, 2.45) is 5.73 Å². The fourth-order valence-electron chi connectivity index (χ4n) is 1.97. The van der Waals surface area contributed by atoms with Crippen LogP contribution >= 0.6 is 0 Å². The Bertz CT molecular complexity index is 366. The molecule has 3 nitrogen and oxygen atoms in total. The van der Waals surface area contributed by atoms with Gasteiger partial charge in [-0.2, -0.15) is 0 Å². The van der Waals surface area contributed by atoms with Crippen LogP contribution in [0.3, 0.4) is 0 Å². The first-order chi connectivity index (χ1) is 8.58. The van der Waals surface area contributed by atoms with Crippen molar-refractivity contribution in [1.82, 2.24) is 4.90 Å². The molecule has 102 valence electrons. The Hall–Kier alpha value is -1.13. The third-order valence-corrected chi connectivity index (χ3v) is 2.91. The fourth-order valence-corrected chi connectivity index (χ4v) is 1.97. The van der Waals surface area contributed by atoms with Gasteiger partial charge in [-0.3, -0.25) is 0 Å². The van der Waals surface area contributed by atoms with Crippen LogP contribution < -0.4 is 10.6 Å². The van der Waals surface area contributed by atoms with E-state index in [-0.39, 0.29) is 5.82 Å². The molecule has 18 heavy (non-hydrogen) atoms. The molecule has 0 saturated carbocycles. The number of hydrogen-bond acceptors (Lipinski definition) is 3. The van der Waals surface area contributed by atoms with Gasteiger partial charge in [0.05, 0.1) is 0 Å². The van der Waals surface area contributed by atoms with Gasteiger partial charge in [0.1, 0.15) is 5.82 Å². The average Bonchev–Trinajstić information content (AvgIpc) is 2.34. The lowest BCUT2D eigenvalue weighted by molar-refractivity contribution is 0.412. The molecular formula is C14H24FN3. The van der Waals surface area contributed by atoms with E-state index in [4.69, 9.17) is 5.73 Å². The van der Waals surface area contributed by atoms with Gasteiger partial charge in [0.25, 0.3) is 0 Å². The molecule has 1 aromatic rings. The zero-order valence-electron chi connectivity index (χ0n) is 11.6. The monoisotopic (exact) mass is 253 g/mol. The zero-order chi connectivity index (χ0) is 13.5. The molecule has 0 radical (unpaired) electrons. The van der Waals surface area contributed by atoms with E-state index in [0.29, 0.717) is 6.54 Å². The molecule has 0 unspecified atom stereocenters. The summed E-state index contributed by atoms with van der Waals surface area (Å²) in [6.45, 7) is 5.39. The molecule has 1 aromatic carbocycles. The van der Waals surface area contributed by atoms with Gasteiger partial charge in [-0.1, -0.05) is 6.92 Å². The van der Waals surface area contributed by atoms with Gasteiger partial charge < -0.3 is 15.5 Å². The van der Waals surface area contributed by atoms with E-state index < -0.39 is 0 Å². The van der Waals surface area contributed by atoms with Gasteiger partial charge in [0, 0.05) is 31.9 Å². The SMILES string of the molecule is CCCN(CCN(C)C)c1ccc(F)cc1CN. The minimum absolute atomic E-state index is 0.219. The van der Waals surface area contributed by atoms with Crippen molar-refractivity contribution in [3.05, 3.63) is 29.6 Å². The molecule has 0 amide bonds. The van der Waals surface area contributed by atoms with Crippen molar-refractivity contribution >= 4 is 5.69 Å². The maximum Gasteiger partial charge on any atom is 0.123 e. The van der Waals surface area contributed by atoms with Crippen LogP contribution in [0.4, 0.5) is 10.1 Å². The topological polar surface area (TPSA) is 32.5 Å². The highest BCUT2D eigenvalue weighted by Crippen LogP contribution is 2.21. The van der Waals surface area contributed by atoms with E-state index in [9.17, 15) is 4.39 Å². The number of benzene rings is 1. The van der Waals surface area contributed by atoms with E-state index in [0.717, 1.165) is 37.3 Å². The molecule has 0 aromatic heterocycles. The van der Waals surface area contributed by atoms with Gasteiger partial charge in [0.15, 0.2) is 0 Å². The van der Waals surface area contributed by atoms with E-state index in [2.05, 4.69) is 30.8 Å². The van der Waals surface area contributed by atoms with Gasteiger partial charge in [-0.05, 0) is 44.3 Å². The Morgan fingerprint density at radius 1 is 1.17 bits per heavy atom. The molecule has 0 heterocycles. The van der Waals surface area contributed by atoms with Crippen LogP contribution in [-0.4, -0.2) is 38.6 Å². The van der Waals surface area contributed by atoms with Crippen LogP contribution in [0.15, 0.2) is 18.2 Å². The van der Waals surface area contributed by atoms with E-state index >= 15 is 0 Å². The third kappa shape index (κ3) is 4.27. The lowest BCUT2D eigenvalue weighted by atomic mass is 10.1. The van der Waals surface area contributed by atoms with Crippen molar-refractivity contribution in [1.29, 1.82) is 0 Å². The summed E-state index contributed by atoms with van der Waals surface area (Å²) in [5.41, 5.74) is 7.64. The van der Waals surface area contributed by atoms with Gasteiger partial charge >= 0.3 is 0 Å². The summed E-state index contributed by atoms with van der Waals surface area (Å²) in [5.74, 6) is -0.219. The second-order valence-corrected chi connectivity index (χ2v) is 4.77. The highest BCUT2D eigenvalue weighted by Gasteiger charge is 2.11. The molecule has 0 aliphatic rings. The molecule has 0 bridgehead atoms. The Balaban J connectivity index is 2.89. The molecule has 0 saturated heterocycles. The normalized spacial score (nSPS) is 11.0. The summed E-state index contributed by atoms with van der Waals surface area (Å²) in [4.78, 5) is 4.43. The fraction of sp³-hybridized carbons (Fsp3) is 0.571. The molecular weight excluding hydrogens is 229 g/mol. The largest absolute Gasteiger partial charge is 0.370 e. The van der Waals surface area contributed by atoms with E-state index in [1.165, 1.54) is 12.1 Å². The summed E-state index contributed by atoms with van der Waals surface area (Å²) >= 11 is 0. The molecule has 1 rings (SSSR count). The van der Waals surface area contributed by atoms with E-state index in [1.54, 1.807) is 0 Å². The molecule has 0 aliphatic carbocycles. The second kappa shape index (κ2) is 7.34. The number of likely N-dealkylation sites (N-methyl/N-ethyl adjacent to an activating group) is 1. The zero-order valence-corrected chi connectivity index (χ0v) is 11.6. The standard InChI is InChI=1S/C14H24FN3/c1-4-7-18(9-8-17(2)3)14-6-5-13(15)10-12(14)11-16/h5-6,10H,4,7-9,11,16H2,1-3H3. The van der Waals surface area contributed by atoms with Crippen molar-refractivity contribution in [3.63, 3.8) is 0 Å². The Kier molecular flexibility index (Phi) is 6.09. The predicted octanol–water partition coefficient (Wildman–Crippen LogP) is 2.06. The number of nitrogens with two attached hydrogens (primary N) is 1. The quantitative estimate of drug-likeness (QED) is 0.807. The van der Waals surface area contributed by atoms with Crippen LogP contribution in [0.1, 0.15) is 18.9 Å². The number of anilines is 1. The maximum atomic E-state index is 13.2. The number of hydrogen-bond donors (Lipinski definition) is 1.